The molecule has 3 heteroatoms. The van der Waals surface area contributed by atoms with E-state index in [1.807, 2.05) is 19.2 Å². The standard InChI is InChI=1S/C17H16N2S/c1-12(18)14-8-9-19-17(11-14)20-16-7-6-13-4-2-3-5-15(13)10-16/h2-12H,18H2,1H3. The summed E-state index contributed by atoms with van der Waals surface area (Å²) >= 11 is 1.67. The molecule has 100 valence electrons. The first-order chi connectivity index (χ1) is 9.72. The predicted molar refractivity (Wildman–Crippen MR) is 84.9 cm³/mol. The molecule has 2 N–H and O–H groups in total. The van der Waals surface area contributed by atoms with Gasteiger partial charge in [-0.15, -0.1) is 0 Å². The van der Waals surface area contributed by atoms with E-state index in [-0.39, 0.29) is 6.04 Å². The molecule has 1 atom stereocenters. The van der Waals surface area contributed by atoms with Crippen molar-refractivity contribution < 1.29 is 0 Å². The van der Waals surface area contributed by atoms with Gasteiger partial charge in [-0.05, 0) is 47.5 Å². The molecule has 0 fully saturated rings. The highest BCUT2D eigenvalue weighted by Crippen LogP contribution is 2.29. The second kappa shape index (κ2) is 5.65. The highest BCUT2D eigenvalue weighted by molar-refractivity contribution is 7.99. The van der Waals surface area contributed by atoms with Crippen LogP contribution in [0.15, 0.2) is 70.7 Å². The summed E-state index contributed by atoms with van der Waals surface area (Å²) < 4.78 is 0. The average molecular weight is 280 g/mol. The molecule has 0 amide bonds. The third-order valence-corrected chi connectivity index (χ3v) is 4.15. The third kappa shape index (κ3) is 2.84. The van der Waals surface area contributed by atoms with Crippen LogP contribution in [0.2, 0.25) is 0 Å². The second-order valence-corrected chi connectivity index (χ2v) is 5.92. The van der Waals surface area contributed by atoms with Gasteiger partial charge >= 0.3 is 0 Å². The summed E-state index contributed by atoms with van der Waals surface area (Å²) in [6, 6.07) is 18.9. The Morgan fingerprint density at radius 1 is 1.00 bits per heavy atom. The van der Waals surface area contributed by atoms with Gasteiger partial charge in [0.15, 0.2) is 0 Å². The number of nitrogens with zero attached hydrogens (tertiary/aromatic N) is 1. The van der Waals surface area contributed by atoms with E-state index in [0.29, 0.717) is 0 Å². The summed E-state index contributed by atoms with van der Waals surface area (Å²) in [5.41, 5.74) is 7.03. The van der Waals surface area contributed by atoms with Gasteiger partial charge in [0.05, 0.1) is 0 Å². The zero-order chi connectivity index (χ0) is 13.9. The SMILES string of the molecule is CC(N)c1ccnc(Sc2ccc3ccccc3c2)c1. The average Bonchev–Trinajstić information content (AvgIpc) is 2.47. The van der Waals surface area contributed by atoms with E-state index in [4.69, 9.17) is 5.73 Å². The number of aromatic nitrogens is 1. The predicted octanol–water partition coefficient (Wildman–Crippen LogP) is 4.41. The van der Waals surface area contributed by atoms with Crippen LogP contribution in [0.1, 0.15) is 18.5 Å². The Morgan fingerprint density at radius 2 is 1.80 bits per heavy atom. The van der Waals surface area contributed by atoms with E-state index in [1.165, 1.54) is 15.7 Å². The molecule has 0 spiro atoms. The molecule has 0 saturated heterocycles. The van der Waals surface area contributed by atoms with Gasteiger partial charge in [0.2, 0.25) is 0 Å². The Hall–Kier alpha value is -1.84. The van der Waals surface area contributed by atoms with Crippen molar-refractivity contribution in [3.05, 3.63) is 66.4 Å². The van der Waals surface area contributed by atoms with E-state index in [0.717, 1.165) is 10.6 Å². The van der Waals surface area contributed by atoms with Crippen molar-refractivity contribution in [3.8, 4) is 0 Å². The van der Waals surface area contributed by atoms with E-state index in [2.05, 4.69) is 53.5 Å². The van der Waals surface area contributed by atoms with E-state index < -0.39 is 0 Å². The smallest absolute Gasteiger partial charge is 0.101 e. The lowest BCUT2D eigenvalue weighted by Gasteiger charge is -2.07. The van der Waals surface area contributed by atoms with Gasteiger partial charge in [0, 0.05) is 17.1 Å². The normalized spacial score (nSPS) is 12.5. The van der Waals surface area contributed by atoms with Crippen molar-refractivity contribution in [2.75, 3.05) is 0 Å². The Balaban J connectivity index is 1.90. The van der Waals surface area contributed by atoms with Gasteiger partial charge in [-0.25, -0.2) is 4.98 Å². The number of nitrogens with two attached hydrogens (primary N) is 1. The molecule has 3 aromatic rings. The number of benzene rings is 2. The molecule has 0 radical (unpaired) electrons. The lowest BCUT2D eigenvalue weighted by molar-refractivity contribution is 0.808. The minimum Gasteiger partial charge on any atom is -0.324 e. The van der Waals surface area contributed by atoms with E-state index >= 15 is 0 Å². The van der Waals surface area contributed by atoms with Crippen molar-refractivity contribution in [2.45, 2.75) is 22.9 Å². The van der Waals surface area contributed by atoms with Crippen LogP contribution < -0.4 is 5.73 Å². The summed E-state index contributed by atoms with van der Waals surface area (Å²) in [6.07, 6.45) is 1.82. The maximum Gasteiger partial charge on any atom is 0.101 e. The molecule has 2 nitrogen and oxygen atoms in total. The number of pyridine rings is 1. The monoisotopic (exact) mass is 280 g/mol. The minimum absolute atomic E-state index is 0.0361. The maximum absolute atomic E-state index is 5.91. The van der Waals surface area contributed by atoms with Crippen molar-refractivity contribution in [2.24, 2.45) is 5.73 Å². The molecule has 0 aliphatic heterocycles. The van der Waals surface area contributed by atoms with E-state index in [9.17, 15) is 0 Å². The summed E-state index contributed by atoms with van der Waals surface area (Å²) in [6.45, 7) is 1.99. The molecular weight excluding hydrogens is 264 g/mol. The summed E-state index contributed by atoms with van der Waals surface area (Å²) in [5, 5.41) is 3.49. The van der Waals surface area contributed by atoms with Gasteiger partial charge in [-0.1, -0.05) is 42.1 Å². The van der Waals surface area contributed by atoms with Crippen LogP contribution in [-0.2, 0) is 0 Å². The highest BCUT2D eigenvalue weighted by atomic mass is 32.2. The topological polar surface area (TPSA) is 38.9 Å². The summed E-state index contributed by atoms with van der Waals surface area (Å²) in [4.78, 5) is 5.60. The van der Waals surface area contributed by atoms with Gasteiger partial charge in [-0.3, -0.25) is 0 Å². The van der Waals surface area contributed by atoms with Gasteiger partial charge in [-0.2, -0.15) is 0 Å². The van der Waals surface area contributed by atoms with Crippen molar-refractivity contribution in [1.29, 1.82) is 0 Å². The Labute approximate surface area is 123 Å². The van der Waals surface area contributed by atoms with Gasteiger partial charge in [0.1, 0.15) is 5.03 Å². The van der Waals surface area contributed by atoms with Crippen LogP contribution in [0.25, 0.3) is 10.8 Å². The maximum atomic E-state index is 5.91. The Morgan fingerprint density at radius 3 is 2.60 bits per heavy atom. The van der Waals surface area contributed by atoms with Gasteiger partial charge in [0.25, 0.3) is 0 Å². The lowest BCUT2D eigenvalue weighted by Crippen LogP contribution is -2.04. The molecule has 0 saturated carbocycles. The van der Waals surface area contributed by atoms with Crippen molar-refractivity contribution in [1.82, 2.24) is 4.98 Å². The van der Waals surface area contributed by atoms with Gasteiger partial charge < -0.3 is 5.73 Å². The first-order valence-electron chi connectivity index (χ1n) is 6.60. The summed E-state index contributed by atoms with van der Waals surface area (Å²) in [7, 11) is 0. The van der Waals surface area contributed by atoms with Crippen molar-refractivity contribution in [3.63, 3.8) is 0 Å². The van der Waals surface area contributed by atoms with Crippen LogP contribution in [0.3, 0.4) is 0 Å². The quantitative estimate of drug-likeness (QED) is 0.772. The van der Waals surface area contributed by atoms with Crippen LogP contribution >= 0.6 is 11.8 Å². The molecular formula is C17H16N2S. The molecule has 1 unspecified atom stereocenters. The minimum atomic E-state index is 0.0361. The third-order valence-electron chi connectivity index (χ3n) is 3.23. The fourth-order valence-corrected chi connectivity index (χ4v) is 2.99. The molecule has 0 aliphatic carbocycles. The molecule has 1 aromatic heterocycles. The zero-order valence-corrected chi connectivity index (χ0v) is 12.1. The lowest BCUT2D eigenvalue weighted by atomic mass is 10.1. The fourth-order valence-electron chi connectivity index (χ4n) is 2.12. The first kappa shape index (κ1) is 13.2. The molecule has 2 aromatic carbocycles. The number of rotatable bonds is 3. The molecule has 0 aliphatic rings. The Kier molecular flexibility index (Phi) is 3.72. The second-order valence-electron chi connectivity index (χ2n) is 4.83. The molecule has 0 bridgehead atoms. The molecule has 1 heterocycles. The fraction of sp³-hybridized carbons (Fsp3) is 0.118. The van der Waals surface area contributed by atoms with Crippen LogP contribution in [-0.4, -0.2) is 4.98 Å². The first-order valence-corrected chi connectivity index (χ1v) is 7.42. The zero-order valence-electron chi connectivity index (χ0n) is 11.3. The van der Waals surface area contributed by atoms with Crippen LogP contribution in [0.5, 0.6) is 0 Å². The van der Waals surface area contributed by atoms with Crippen LogP contribution in [0, 0.1) is 0 Å². The Bertz CT molecular complexity index is 738. The van der Waals surface area contributed by atoms with Crippen LogP contribution in [0.4, 0.5) is 0 Å². The number of hydrogen-bond donors (Lipinski definition) is 1. The summed E-state index contributed by atoms with van der Waals surface area (Å²) in [5.74, 6) is 0. The number of hydrogen-bond acceptors (Lipinski definition) is 3. The highest BCUT2D eigenvalue weighted by Gasteiger charge is 2.04. The van der Waals surface area contributed by atoms with Crippen molar-refractivity contribution >= 4 is 22.5 Å². The largest absolute Gasteiger partial charge is 0.324 e. The molecule has 3 rings (SSSR count). The number of fused-ring (bicyclic) bond motifs is 1. The molecule has 20 heavy (non-hydrogen) atoms. The van der Waals surface area contributed by atoms with E-state index in [1.54, 1.807) is 11.8 Å².